The van der Waals surface area contributed by atoms with Gasteiger partial charge in [-0.2, -0.15) is 0 Å². The first-order valence-corrected chi connectivity index (χ1v) is 9.24. The molecule has 142 valence electrons. The first kappa shape index (κ1) is 19.3. The number of nitrogens with zero attached hydrogens (tertiary/aromatic N) is 2. The van der Waals surface area contributed by atoms with Gasteiger partial charge in [0.05, 0.1) is 24.9 Å². The first-order valence-electron chi connectivity index (χ1n) is 8.44. The second-order valence-electron chi connectivity index (χ2n) is 5.80. The third-order valence-corrected chi connectivity index (χ3v) is 4.43. The van der Waals surface area contributed by atoms with Gasteiger partial charge in [0.2, 0.25) is 0 Å². The zero-order valence-electron chi connectivity index (χ0n) is 15.1. The molecule has 0 atom stereocenters. The van der Waals surface area contributed by atoms with Crippen LogP contribution in [-0.4, -0.2) is 37.3 Å². The number of anilines is 2. The maximum Gasteiger partial charge on any atom is 0.163 e. The van der Waals surface area contributed by atoms with Gasteiger partial charge in [0.1, 0.15) is 18.0 Å². The summed E-state index contributed by atoms with van der Waals surface area (Å²) in [6.07, 6.45) is 2.30. The average molecular weight is 435 g/mol. The van der Waals surface area contributed by atoms with Crippen molar-refractivity contribution in [2.24, 2.45) is 0 Å². The fourth-order valence-corrected chi connectivity index (χ4v) is 2.92. The predicted octanol–water partition coefficient (Wildman–Crippen LogP) is 4.27. The largest absolute Gasteiger partial charge is 0.493 e. The van der Waals surface area contributed by atoms with E-state index < -0.39 is 0 Å². The Hall–Kier alpha value is -2.45. The van der Waals surface area contributed by atoms with Gasteiger partial charge in [-0.1, -0.05) is 15.9 Å². The second kappa shape index (κ2) is 8.96. The zero-order chi connectivity index (χ0) is 19.2. The smallest absolute Gasteiger partial charge is 0.163 e. The number of aromatic nitrogens is 2. The van der Waals surface area contributed by atoms with E-state index in [4.69, 9.17) is 9.47 Å². The topological polar surface area (TPSA) is 68.3 Å². The van der Waals surface area contributed by atoms with Crippen molar-refractivity contribution < 1.29 is 13.9 Å². The molecular weight excluding hydrogens is 415 g/mol. The van der Waals surface area contributed by atoms with Crippen molar-refractivity contribution in [3.05, 3.63) is 46.9 Å². The average Bonchev–Trinajstić information content (AvgIpc) is 2.67. The summed E-state index contributed by atoms with van der Waals surface area (Å²) >= 11 is 3.25. The minimum atomic E-state index is -0.382. The number of methoxy groups -OCH3 is 1. The molecule has 2 aromatic carbocycles. The fourth-order valence-electron chi connectivity index (χ4n) is 2.59. The van der Waals surface area contributed by atoms with Gasteiger partial charge in [-0.15, -0.1) is 0 Å². The number of hydrogen-bond donors (Lipinski definition) is 2. The Balaban J connectivity index is 1.93. The number of rotatable bonds is 8. The summed E-state index contributed by atoms with van der Waals surface area (Å²) in [6, 6.07) is 8.39. The van der Waals surface area contributed by atoms with E-state index in [-0.39, 0.29) is 5.82 Å². The molecule has 0 aliphatic heterocycles. The minimum Gasteiger partial charge on any atom is -0.493 e. The van der Waals surface area contributed by atoms with Crippen LogP contribution in [0.2, 0.25) is 0 Å². The van der Waals surface area contributed by atoms with Crippen molar-refractivity contribution in [2.75, 3.05) is 32.6 Å². The van der Waals surface area contributed by atoms with E-state index in [1.165, 1.54) is 12.4 Å². The summed E-state index contributed by atoms with van der Waals surface area (Å²) < 4.78 is 26.1. The van der Waals surface area contributed by atoms with Crippen LogP contribution >= 0.6 is 15.9 Å². The predicted molar refractivity (Wildman–Crippen MR) is 108 cm³/mol. The Bertz CT molecular complexity index is 939. The maximum absolute atomic E-state index is 14.2. The van der Waals surface area contributed by atoms with Crippen LogP contribution < -0.4 is 20.1 Å². The van der Waals surface area contributed by atoms with E-state index in [0.717, 1.165) is 13.0 Å². The van der Waals surface area contributed by atoms with Gasteiger partial charge in [-0.25, -0.2) is 14.4 Å². The molecule has 2 N–H and O–H groups in total. The van der Waals surface area contributed by atoms with Gasteiger partial charge in [0.25, 0.3) is 0 Å². The van der Waals surface area contributed by atoms with Crippen LogP contribution in [0.1, 0.15) is 6.42 Å². The number of halogens is 2. The van der Waals surface area contributed by atoms with Gasteiger partial charge in [-0.3, -0.25) is 0 Å². The van der Waals surface area contributed by atoms with Crippen LogP contribution in [0.25, 0.3) is 10.9 Å². The van der Waals surface area contributed by atoms with E-state index in [0.29, 0.717) is 45.0 Å². The van der Waals surface area contributed by atoms with Crippen LogP contribution in [0, 0.1) is 5.82 Å². The van der Waals surface area contributed by atoms with E-state index in [1.54, 1.807) is 31.4 Å². The molecule has 27 heavy (non-hydrogen) atoms. The van der Waals surface area contributed by atoms with Crippen molar-refractivity contribution in [2.45, 2.75) is 6.42 Å². The molecule has 8 heteroatoms. The summed E-state index contributed by atoms with van der Waals surface area (Å²) in [6.45, 7) is 1.42. The van der Waals surface area contributed by atoms with Gasteiger partial charge in [0.15, 0.2) is 11.5 Å². The molecule has 0 fully saturated rings. The lowest BCUT2D eigenvalue weighted by molar-refractivity contribution is 0.289. The lowest BCUT2D eigenvalue weighted by atomic mass is 10.2. The quantitative estimate of drug-likeness (QED) is 0.515. The van der Waals surface area contributed by atoms with E-state index >= 15 is 0 Å². The van der Waals surface area contributed by atoms with Crippen molar-refractivity contribution in [3.8, 4) is 11.5 Å². The van der Waals surface area contributed by atoms with Crippen LogP contribution in [0.15, 0.2) is 41.1 Å². The molecule has 0 saturated heterocycles. The summed E-state index contributed by atoms with van der Waals surface area (Å²) in [5.74, 6) is 1.29. The van der Waals surface area contributed by atoms with E-state index in [2.05, 4.69) is 36.5 Å². The number of fused-ring (bicyclic) bond motifs is 1. The molecule has 1 aromatic heterocycles. The Morgan fingerprint density at radius 2 is 2.00 bits per heavy atom. The molecule has 3 rings (SSSR count). The Morgan fingerprint density at radius 1 is 1.15 bits per heavy atom. The standard InChI is InChI=1S/C19H20BrFN4O2/c1-22-6-3-7-27-18-10-16-13(9-17(18)26-2)19(24-11-23-16)25-15-5-4-12(20)8-14(15)21/h4-5,8-11,22H,3,6-7H2,1-2H3,(H,23,24,25). The van der Waals surface area contributed by atoms with Crippen molar-refractivity contribution in [1.82, 2.24) is 15.3 Å². The molecular formula is C19H20BrFN4O2. The summed E-state index contributed by atoms with van der Waals surface area (Å²) in [5, 5.41) is 6.81. The fraction of sp³-hybridized carbons (Fsp3) is 0.263. The maximum atomic E-state index is 14.2. The molecule has 0 aliphatic rings. The third kappa shape index (κ3) is 4.64. The molecule has 3 aromatic rings. The van der Waals surface area contributed by atoms with Crippen molar-refractivity contribution in [1.29, 1.82) is 0 Å². The summed E-state index contributed by atoms with van der Waals surface area (Å²) in [7, 11) is 3.48. The number of nitrogens with one attached hydrogen (secondary N) is 2. The molecule has 6 nitrogen and oxygen atoms in total. The molecule has 1 heterocycles. The van der Waals surface area contributed by atoms with Crippen LogP contribution in [0.5, 0.6) is 11.5 Å². The highest BCUT2D eigenvalue weighted by molar-refractivity contribution is 9.10. The number of hydrogen-bond acceptors (Lipinski definition) is 6. The summed E-state index contributed by atoms with van der Waals surface area (Å²) in [5.41, 5.74) is 0.999. The van der Waals surface area contributed by atoms with E-state index in [1.807, 2.05) is 7.05 Å². The SMILES string of the molecule is CNCCCOc1cc2ncnc(Nc3ccc(Br)cc3F)c2cc1OC. The molecule has 0 amide bonds. The Kier molecular flexibility index (Phi) is 6.41. The molecule has 0 spiro atoms. The number of ether oxygens (including phenoxy) is 2. The van der Waals surface area contributed by atoms with Gasteiger partial charge < -0.3 is 20.1 Å². The van der Waals surface area contributed by atoms with Crippen LogP contribution in [0.4, 0.5) is 15.9 Å². The Morgan fingerprint density at radius 3 is 2.74 bits per heavy atom. The molecule has 0 radical (unpaired) electrons. The van der Waals surface area contributed by atoms with Crippen LogP contribution in [0.3, 0.4) is 0 Å². The molecule has 0 bridgehead atoms. The van der Waals surface area contributed by atoms with Gasteiger partial charge in [-0.05, 0) is 44.3 Å². The van der Waals surface area contributed by atoms with Crippen LogP contribution in [-0.2, 0) is 0 Å². The highest BCUT2D eigenvalue weighted by Crippen LogP contribution is 2.35. The lowest BCUT2D eigenvalue weighted by Crippen LogP contribution is -2.11. The van der Waals surface area contributed by atoms with Crippen molar-refractivity contribution in [3.63, 3.8) is 0 Å². The second-order valence-corrected chi connectivity index (χ2v) is 6.71. The minimum absolute atomic E-state index is 0.324. The zero-order valence-corrected chi connectivity index (χ0v) is 16.6. The normalized spacial score (nSPS) is 10.8. The monoisotopic (exact) mass is 434 g/mol. The van der Waals surface area contributed by atoms with Gasteiger partial charge in [0, 0.05) is 15.9 Å². The Labute approximate surface area is 165 Å². The first-order chi connectivity index (χ1) is 13.1. The van der Waals surface area contributed by atoms with Gasteiger partial charge >= 0.3 is 0 Å². The highest BCUT2D eigenvalue weighted by Gasteiger charge is 2.13. The van der Waals surface area contributed by atoms with Crippen molar-refractivity contribution >= 4 is 38.3 Å². The molecule has 0 saturated carbocycles. The molecule has 0 unspecified atom stereocenters. The third-order valence-electron chi connectivity index (χ3n) is 3.93. The summed E-state index contributed by atoms with van der Waals surface area (Å²) in [4.78, 5) is 8.55. The van der Waals surface area contributed by atoms with E-state index in [9.17, 15) is 4.39 Å². The number of benzene rings is 2. The molecule has 0 aliphatic carbocycles. The highest BCUT2D eigenvalue weighted by atomic mass is 79.9. The lowest BCUT2D eigenvalue weighted by Gasteiger charge is -2.14.